The second-order valence-electron chi connectivity index (χ2n) is 29.7. The first-order valence-electron chi connectivity index (χ1n) is 38.8. The minimum Gasteiger partial charge on any atom is -0.309 e. The quantitative estimate of drug-likeness (QED) is 0.135. The fraction of sp³-hybridized carbons (Fsp3) is 0.0192. The van der Waals surface area contributed by atoms with Crippen molar-refractivity contribution < 1.29 is 0 Å². The highest BCUT2D eigenvalue weighted by Gasteiger charge is 2.27. The largest absolute Gasteiger partial charge is 0.309 e. The third kappa shape index (κ3) is 10.6. The molecule has 10 nitrogen and oxygen atoms in total. The summed E-state index contributed by atoms with van der Waals surface area (Å²) in [5.74, 6) is 3.98. The van der Waals surface area contributed by atoms with Crippen LogP contribution in [0.4, 0.5) is 0 Å². The number of fused-ring (bicyclic) bond motifs is 18. The fourth-order valence-corrected chi connectivity index (χ4v) is 17.9. The molecule has 2 aliphatic carbocycles. The number of aromatic nitrogens is 10. The number of hydrogen-bond acceptors (Lipinski definition) is 6. The van der Waals surface area contributed by atoms with Crippen LogP contribution < -0.4 is 0 Å². The Morgan fingerprint density at radius 2 is 0.368 bits per heavy atom. The van der Waals surface area contributed by atoms with Gasteiger partial charge in [-0.05, 0) is 167 Å². The van der Waals surface area contributed by atoms with Crippen molar-refractivity contribution in [1.29, 1.82) is 0 Å². The number of hydrogen-bond donors (Lipinski definition) is 0. The SMILES string of the molecule is c1ccc(-c2nc(-c3ccccc3)nc(-c3ccc4c(c3)-c3cc(-n5c6ccccc6c6cc(-n7c8ccccc8c8ccccc87)ccc65)ccc3C4)n2)cc1.c1ccc(-c2nc(-c3ccccc3)nc(-c3ccc4c(c3)-c3cc(-n5c6ccccc6c6cc(-n7c8ccccc8c8ccccc87)ccc65)ccc3C4)n2)cc1. The average Bonchev–Trinajstić information content (AvgIpc) is 1.58. The molecule has 532 valence electrons. The minimum absolute atomic E-state index is 0.662. The van der Waals surface area contributed by atoms with Crippen LogP contribution in [-0.2, 0) is 12.8 Å². The molecule has 10 heteroatoms. The molecule has 0 bridgehead atoms. The van der Waals surface area contributed by atoms with E-state index in [1.807, 2.05) is 121 Å². The molecule has 16 aromatic carbocycles. The van der Waals surface area contributed by atoms with Gasteiger partial charge in [-0.2, -0.15) is 0 Å². The van der Waals surface area contributed by atoms with E-state index in [2.05, 4.69) is 273 Å². The highest BCUT2D eigenvalue weighted by molar-refractivity contribution is 6.14. The Morgan fingerprint density at radius 1 is 0.158 bits per heavy atom. The van der Waals surface area contributed by atoms with Crippen molar-refractivity contribution in [2.75, 3.05) is 0 Å². The van der Waals surface area contributed by atoms with Crippen LogP contribution in [0.3, 0.4) is 0 Å². The van der Waals surface area contributed by atoms with Crippen molar-refractivity contribution in [3.8, 4) is 113 Å². The van der Waals surface area contributed by atoms with Crippen LogP contribution >= 0.6 is 0 Å². The molecule has 2 aliphatic rings. The highest BCUT2D eigenvalue weighted by atomic mass is 15.1. The molecule has 6 heterocycles. The van der Waals surface area contributed by atoms with Crippen molar-refractivity contribution in [2.24, 2.45) is 0 Å². The van der Waals surface area contributed by atoms with Gasteiger partial charge in [-0.15, -0.1) is 0 Å². The smallest absolute Gasteiger partial charge is 0.164 e. The second kappa shape index (κ2) is 26.2. The predicted octanol–water partition coefficient (Wildman–Crippen LogP) is 25.3. The maximum Gasteiger partial charge on any atom is 0.164 e. The maximum atomic E-state index is 5.04. The van der Waals surface area contributed by atoms with Gasteiger partial charge in [0.2, 0.25) is 0 Å². The third-order valence-corrected chi connectivity index (χ3v) is 23.2. The van der Waals surface area contributed by atoms with Crippen molar-refractivity contribution >= 4 is 87.2 Å². The third-order valence-electron chi connectivity index (χ3n) is 23.2. The molecule has 0 saturated carbocycles. The Balaban J connectivity index is 0.000000135. The summed E-state index contributed by atoms with van der Waals surface area (Å²) in [6, 6.07) is 134. The van der Waals surface area contributed by atoms with Gasteiger partial charge < -0.3 is 18.3 Å². The number of para-hydroxylation sites is 6. The van der Waals surface area contributed by atoms with Gasteiger partial charge >= 0.3 is 0 Å². The monoisotopic (exact) mass is 1450 g/mol. The van der Waals surface area contributed by atoms with Gasteiger partial charge in [-0.3, -0.25) is 0 Å². The fourth-order valence-electron chi connectivity index (χ4n) is 17.9. The topological polar surface area (TPSA) is 97.1 Å². The van der Waals surface area contributed by atoms with Crippen LogP contribution in [0.1, 0.15) is 22.3 Å². The Labute approximate surface area is 655 Å². The molecule has 0 unspecified atom stereocenters. The lowest BCUT2D eigenvalue weighted by molar-refractivity contribution is 1.07. The summed E-state index contributed by atoms with van der Waals surface area (Å²) in [7, 11) is 0. The van der Waals surface area contributed by atoms with Gasteiger partial charge in [-0.1, -0.05) is 267 Å². The van der Waals surface area contributed by atoms with E-state index in [0.717, 1.165) is 69.0 Å². The lowest BCUT2D eigenvalue weighted by Gasteiger charge is -2.12. The van der Waals surface area contributed by atoms with E-state index in [1.54, 1.807) is 0 Å². The maximum absolute atomic E-state index is 5.04. The molecule has 0 fully saturated rings. The molecular weight excluding hydrogens is 1390 g/mol. The van der Waals surface area contributed by atoms with Crippen LogP contribution in [0, 0.1) is 0 Å². The zero-order valence-corrected chi connectivity index (χ0v) is 61.7. The minimum atomic E-state index is 0.662. The van der Waals surface area contributed by atoms with Gasteiger partial charge in [0.15, 0.2) is 34.9 Å². The van der Waals surface area contributed by atoms with E-state index in [0.29, 0.717) is 34.9 Å². The molecule has 22 aromatic rings. The number of rotatable bonds is 10. The van der Waals surface area contributed by atoms with Gasteiger partial charge in [-0.25, -0.2) is 29.9 Å². The molecule has 0 N–H and O–H groups in total. The Hall–Kier alpha value is -15.3. The lowest BCUT2D eigenvalue weighted by Crippen LogP contribution is -2.00. The Kier molecular flexibility index (Phi) is 14.9. The molecule has 0 radical (unpaired) electrons. The van der Waals surface area contributed by atoms with E-state index in [4.69, 9.17) is 29.9 Å². The summed E-state index contributed by atoms with van der Waals surface area (Å²) < 4.78 is 9.65. The molecule has 0 amide bonds. The first-order valence-corrected chi connectivity index (χ1v) is 38.8. The number of benzene rings is 16. The van der Waals surface area contributed by atoms with Gasteiger partial charge in [0.1, 0.15) is 0 Å². The lowest BCUT2D eigenvalue weighted by atomic mass is 10.0. The summed E-state index contributed by atoms with van der Waals surface area (Å²) in [5, 5.41) is 9.98. The first kappa shape index (κ1) is 64.7. The predicted molar refractivity (Wildman–Crippen MR) is 466 cm³/mol. The summed E-state index contributed by atoms with van der Waals surface area (Å²) in [6.45, 7) is 0. The van der Waals surface area contributed by atoms with E-state index in [1.165, 1.54) is 132 Å². The van der Waals surface area contributed by atoms with Crippen LogP contribution in [0.2, 0.25) is 0 Å². The molecule has 24 rings (SSSR count). The standard InChI is InChI=1S/2C52H33N5/c2*1-3-13-33(14-4-1)50-53-51(34-15-5-2-6-16-34)55-52(54-50)37-24-23-35-29-36-25-26-38(31-44(36)43(35)30-37)57-48-22-12-9-19-42(48)45-32-39(27-28-49(45)57)56-46-20-10-7-17-40(46)41-18-8-11-21-47(41)56/h2*1-28,30-32H,29H2. The second-order valence-corrected chi connectivity index (χ2v) is 29.7. The van der Waals surface area contributed by atoms with Crippen molar-refractivity contribution in [3.05, 3.63) is 398 Å². The molecule has 114 heavy (non-hydrogen) atoms. The van der Waals surface area contributed by atoms with E-state index in [9.17, 15) is 0 Å². The highest BCUT2D eigenvalue weighted by Crippen LogP contribution is 2.46. The molecule has 0 spiro atoms. The zero-order valence-electron chi connectivity index (χ0n) is 61.7. The van der Waals surface area contributed by atoms with Gasteiger partial charge in [0.05, 0.1) is 44.1 Å². The molecule has 6 aromatic heterocycles. The van der Waals surface area contributed by atoms with Crippen LogP contribution in [0.15, 0.2) is 376 Å². The van der Waals surface area contributed by atoms with Crippen molar-refractivity contribution in [3.63, 3.8) is 0 Å². The normalized spacial score (nSPS) is 12.1. The number of nitrogens with zero attached hydrogens (tertiary/aromatic N) is 10. The van der Waals surface area contributed by atoms with E-state index in [-0.39, 0.29) is 0 Å². The molecular formula is C104H66N10. The molecule has 0 aliphatic heterocycles. The summed E-state index contributed by atoms with van der Waals surface area (Å²) in [4.78, 5) is 30.0. The van der Waals surface area contributed by atoms with E-state index >= 15 is 0 Å². The van der Waals surface area contributed by atoms with Crippen LogP contribution in [0.25, 0.3) is 201 Å². The summed E-state index contributed by atoms with van der Waals surface area (Å²) >= 11 is 0. The van der Waals surface area contributed by atoms with Gasteiger partial charge in [0, 0.05) is 99.2 Å². The van der Waals surface area contributed by atoms with E-state index < -0.39 is 0 Å². The van der Waals surface area contributed by atoms with Crippen molar-refractivity contribution in [1.82, 2.24) is 48.2 Å². The molecule has 0 saturated heterocycles. The Bertz CT molecular complexity index is 6990. The first-order chi connectivity index (χ1) is 56.5. The molecule has 0 atom stereocenters. The average molecular weight is 1460 g/mol. The van der Waals surface area contributed by atoms with Crippen molar-refractivity contribution in [2.45, 2.75) is 12.8 Å². The Morgan fingerprint density at radius 3 is 0.658 bits per heavy atom. The zero-order chi connectivity index (χ0) is 74.9. The van der Waals surface area contributed by atoms with Crippen LogP contribution in [-0.4, -0.2) is 48.2 Å². The van der Waals surface area contributed by atoms with Crippen LogP contribution in [0.5, 0.6) is 0 Å². The summed E-state index contributed by atoms with van der Waals surface area (Å²) in [6.07, 6.45) is 1.78. The summed E-state index contributed by atoms with van der Waals surface area (Å²) in [5.41, 5.74) is 30.2. The van der Waals surface area contributed by atoms with Gasteiger partial charge in [0.25, 0.3) is 0 Å².